The summed E-state index contributed by atoms with van der Waals surface area (Å²) in [5.41, 5.74) is 1.21. The molecule has 6 nitrogen and oxygen atoms in total. The van der Waals surface area contributed by atoms with E-state index in [2.05, 4.69) is 10.5 Å². The number of rotatable bonds is 2. The van der Waals surface area contributed by atoms with Crippen molar-refractivity contribution in [2.45, 2.75) is 31.8 Å². The van der Waals surface area contributed by atoms with Crippen LogP contribution in [0.5, 0.6) is 0 Å². The summed E-state index contributed by atoms with van der Waals surface area (Å²) in [7, 11) is 0. The Morgan fingerprint density at radius 3 is 3.12 bits per heavy atom. The van der Waals surface area contributed by atoms with Crippen LogP contribution in [0.4, 0.5) is 0 Å². The first-order valence-corrected chi connectivity index (χ1v) is 8.68. The molecule has 2 fully saturated rings. The smallest absolute Gasteiger partial charge is 0.228 e. The van der Waals surface area contributed by atoms with E-state index >= 15 is 0 Å². The molecule has 2 saturated heterocycles. The van der Waals surface area contributed by atoms with E-state index in [1.807, 2.05) is 29.2 Å². The van der Waals surface area contributed by atoms with E-state index in [4.69, 9.17) is 4.52 Å². The number of carbonyl (C=O) groups excluding carboxylic acids is 1. The van der Waals surface area contributed by atoms with E-state index in [-0.39, 0.29) is 36.3 Å². The van der Waals surface area contributed by atoms with Gasteiger partial charge in [0.15, 0.2) is 5.58 Å². The molecule has 1 amide bonds. The summed E-state index contributed by atoms with van der Waals surface area (Å²) in [6, 6.07) is 7.61. The van der Waals surface area contributed by atoms with E-state index in [0.29, 0.717) is 17.8 Å². The van der Waals surface area contributed by atoms with Crippen molar-refractivity contribution in [2.75, 3.05) is 26.2 Å². The number of aliphatic hydroxyl groups is 1. The van der Waals surface area contributed by atoms with Crippen LogP contribution in [-0.2, 0) is 11.2 Å². The zero-order chi connectivity index (χ0) is 16.6. The first-order valence-electron chi connectivity index (χ1n) is 8.68. The van der Waals surface area contributed by atoms with Crippen molar-refractivity contribution in [1.82, 2.24) is 15.4 Å². The molecular formula is C18H24ClN3O3. The van der Waals surface area contributed by atoms with E-state index in [1.54, 1.807) is 0 Å². The summed E-state index contributed by atoms with van der Waals surface area (Å²) in [4.78, 5) is 14.7. The third-order valence-electron chi connectivity index (χ3n) is 5.51. The Labute approximate surface area is 152 Å². The molecule has 2 atom stereocenters. The fourth-order valence-corrected chi connectivity index (χ4v) is 4.11. The molecule has 1 aromatic heterocycles. The minimum absolute atomic E-state index is 0. The number of hydrogen-bond acceptors (Lipinski definition) is 5. The lowest BCUT2D eigenvalue weighted by molar-refractivity contribution is -0.137. The fraction of sp³-hybridized carbons (Fsp3) is 0.556. The molecule has 1 spiro atoms. The van der Waals surface area contributed by atoms with Gasteiger partial charge in [0.1, 0.15) is 5.69 Å². The number of halogens is 1. The van der Waals surface area contributed by atoms with Gasteiger partial charge in [-0.1, -0.05) is 17.3 Å². The SMILES string of the molecule is Cl.O=C(Cc1noc2ccccc12)N1CCC[C@]2(CNCC[C@@H]2O)C1. The number of carbonyl (C=O) groups is 1. The van der Waals surface area contributed by atoms with Crippen molar-refractivity contribution in [3.05, 3.63) is 30.0 Å². The number of amides is 1. The third-order valence-corrected chi connectivity index (χ3v) is 5.51. The normalized spacial score (nSPS) is 26.6. The Balaban J connectivity index is 0.00000182. The molecule has 1 aromatic carbocycles. The Morgan fingerprint density at radius 1 is 1.44 bits per heavy atom. The maximum Gasteiger partial charge on any atom is 0.228 e. The van der Waals surface area contributed by atoms with Gasteiger partial charge in [-0.2, -0.15) is 0 Å². The number of likely N-dealkylation sites (tertiary alicyclic amines) is 1. The lowest BCUT2D eigenvalue weighted by Crippen LogP contribution is -2.59. The molecule has 2 N–H and O–H groups in total. The van der Waals surface area contributed by atoms with Gasteiger partial charge in [0.05, 0.1) is 12.5 Å². The van der Waals surface area contributed by atoms with Crippen molar-refractivity contribution >= 4 is 29.3 Å². The molecular weight excluding hydrogens is 342 g/mol. The highest BCUT2D eigenvalue weighted by Crippen LogP contribution is 2.36. The topological polar surface area (TPSA) is 78.6 Å². The first kappa shape index (κ1) is 18.2. The summed E-state index contributed by atoms with van der Waals surface area (Å²) in [5.74, 6) is 0.0610. The van der Waals surface area contributed by atoms with E-state index in [1.165, 1.54) is 0 Å². The van der Waals surface area contributed by atoms with Crippen LogP contribution in [0.15, 0.2) is 28.8 Å². The van der Waals surface area contributed by atoms with Crippen LogP contribution in [0, 0.1) is 5.41 Å². The summed E-state index contributed by atoms with van der Waals surface area (Å²) in [5, 5.41) is 18.8. The van der Waals surface area contributed by atoms with Crippen molar-refractivity contribution in [3.8, 4) is 0 Å². The highest BCUT2D eigenvalue weighted by atomic mass is 35.5. The van der Waals surface area contributed by atoms with Gasteiger partial charge >= 0.3 is 0 Å². The van der Waals surface area contributed by atoms with Gasteiger partial charge in [0.2, 0.25) is 5.91 Å². The number of para-hydroxylation sites is 1. The van der Waals surface area contributed by atoms with Gasteiger partial charge < -0.3 is 19.8 Å². The summed E-state index contributed by atoms with van der Waals surface area (Å²) in [6.07, 6.45) is 2.58. The van der Waals surface area contributed by atoms with Crippen LogP contribution in [0.2, 0.25) is 0 Å². The van der Waals surface area contributed by atoms with Crippen molar-refractivity contribution < 1.29 is 14.4 Å². The molecule has 2 aliphatic rings. The Morgan fingerprint density at radius 2 is 2.28 bits per heavy atom. The predicted molar refractivity (Wildman–Crippen MR) is 96.7 cm³/mol. The Hall–Kier alpha value is -1.63. The standard InChI is InChI=1S/C18H23N3O3.ClH/c22-16-6-8-19-11-18(16)7-3-9-21(12-18)17(23)10-14-13-4-1-2-5-15(13)24-20-14;/h1-2,4-5,16,19,22H,3,6-12H2;1H/t16-,18-;/m0./s1. The highest BCUT2D eigenvalue weighted by molar-refractivity contribution is 5.86. The van der Waals surface area contributed by atoms with Crippen LogP contribution < -0.4 is 5.32 Å². The van der Waals surface area contributed by atoms with Crippen molar-refractivity contribution in [2.24, 2.45) is 5.41 Å². The Kier molecular flexibility index (Phi) is 5.32. The lowest BCUT2D eigenvalue weighted by Gasteiger charge is -2.48. The largest absolute Gasteiger partial charge is 0.392 e. The van der Waals surface area contributed by atoms with Crippen molar-refractivity contribution in [3.63, 3.8) is 0 Å². The second-order valence-electron chi connectivity index (χ2n) is 7.06. The average Bonchev–Trinajstić information content (AvgIpc) is 3.01. The summed E-state index contributed by atoms with van der Waals surface area (Å²) < 4.78 is 5.29. The molecule has 2 aromatic rings. The van der Waals surface area contributed by atoms with Crippen LogP contribution in [-0.4, -0.2) is 53.4 Å². The minimum atomic E-state index is -0.331. The zero-order valence-electron chi connectivity index (χ0n) is 14.1. The van der Waals surface area contributed by atoms with Gasteiger partial charge in [0.25, 0.3) is 0 Å². The lowest BCUT2D eigenvalue weighted by atomic mass is 9.72. The van der Waals surface area contributed by atoms with Crippen molar-refractivity contribution in [1.29, 1.82) is 0 Å². The fourth-order valence-electron chi connectivity index (χ4n) is 4.11. The predicted octanol–water partition coefficient (Wildman–Crippen LogP) is 1.76. The number of nitrogens with one attached hydrogen (secondary N) is 1. The molecule has 0 aliphatic carbocycles. The number of piperidine rings is 2. The molecule has 0 radical (unpaired) electrons. The maximum absolute atomic E-state index is 12.8. The number of aromatic nitrogens is 1. The molecule has 25 heavy (non-hydrogen) atoms. The quantitative estimate of drug-likeness (QED) is 0.847. The number of hydrogen-bond donors (Lipinski definition) is 2. The van der Waals surface area contributed by atoms with Gasteiger partial charge in [-0.15, -0.1) is 12.4 Å². The number of fused-ring (bicyclic) bond motifs is 1. The minimum Gasteiger partial charge on any atom is -0.392 e. The van der Waals surface area contributed by atoms with Crippen LogP contribution in [0.1, 0.15) is 25.0 Å². The monoisotopic (exact) mass is 365 g/mol. The molecule has 136 valence electrons. The second-order valence-corrected chi connectivity index (χ2v) is 7.06. The number of aliphatic hydroxyl groups excluding tert-OH is 1. The molecule has 0 saturated carbocycles. The number of nitrogens with zero attached hydrogens (tertiary/aromatic N) is 2. The first-order chi connectivity index (χ1) is 11.7. The second kappa shape index (κ2) is 7.32. The van der Waals surface area contributed by atoms with E-state index in [0.717, 1.165) is 44.3 Å². The van der Waals surface area contributed by atoms with Crippen LogP contribution in [0.25, 0.3) is 11.0 Å². The highest BCUT2D eigenvalue weighted by Gasteiger charge is 2.44. The van der Waals surface area contributed by atoms with E-state index in [9.17, 15) is 9.90 Å². The maximum atomic E-state index is 12.8. The number of benzene rings is 1. The van der Waals surface area contributed by atoms with E-state index < -0.39 is 0 Å². The Bertz CT molecular complexity index is 746. The molecule has 4 rings (SSSR count). The van der Waals surface area contributed by atoms with Gasteiger partial charge in [-0.3, -0.25) is 4.79 Å². The van der Waals surface area contributed by atoms with Crippen LogP contribution >= 0.6 is 12.4 Å². The molecule has 2 aliphatic heterocycles. The zero-order valence-corrected chi connectivity index (χ0v) is 14.9. The van der Waals surface area contributed by atoms with Gasteiger partial charge in [-0.25, -0.2) is 0 Å². The van der Waals surface area contributed by atoms with Gasteiger partial charge in [0, 0.05) is 30.4 Å². The third kappa shape index (κ3) is 3.38. The molecule has 7 heteroatoms. The summed E-state index contributed by atoms with van der Waals surface area (Å²) in [6.45, 7) is 3.01. The van der Waals surface area contributed by atoms with Gasteiger partial charge in [-0.05, 0) is 37.9 Å². The molecule has 3 heterocycles. The molecule has 0 unspecified atom stereocenters. The van der Waals surface area contributed by atoms with Crippen LogP contribution in [0.3, 0.4) is 0 Å². The summed E-state index contributed by atoms with van der Waals surface area (Å²) >= 11 is 0. The average molecular weight is 366 g/mol. The molecule has 0 bridgehead atoms.